The average molecular weight is 256 g/mol. The zero-order valence-corrected chi connectivity index (χ0v) is 10.7. The maximum absolute atomic E-state index is 12.3. The standard InChI is InChI=1S/C10H16N4O2S/c1-8-7-14(6-5-11-8)17(15,16)10-9(2)12-3-4-13-10/h3-4,8,11H,5-7H2,1-2H3/t8-/m1/s1. The van der Waals surface area contributed by atoms with Crippen LogP contribution in [0.1, 0.15) is 12.6 Å². The van der Waals surface area contributed by atoms with Crippen molar-refractivity contribution in [3.63, 3.8) is 0 Å². The van der Waals surface area contributed by atoms with E-state index < -0.39 is 10.0 Å². The van der Waals surface area contributed by atoms with Crippen LogP contribution in [-0.2, 0) is 10.0 Å². The highest BCUT2D eigenvalue weighted by Crippen LogP contribution is 2.16. The number of piperazine rings is 1. The van der Waals surface area contributed by atoms with Crippen LogP contribution in [0.4, 0.5) is 0 Å². The number of nitrogens with one attached hydrogen (secondary N) is 1. The molecule has 6 nitrogen and oxygen atoms in total. The fourth-order valence-electron chi connectivity index (χ4n) is 1.89. The van der Waals surface area contributed by atoms with Crippen LogP contribution in [-0.4, -0.2) is 48.4 Å². The van der Waals surface area contributed by atoms with Crippen molar-refractivity contribution in [2.75, 3.05) is 19.6 Å². The van der Waals surface area contributed by atoms with Crippen LogP contribution in [0.15, 0.2) is 17.4 Å². The first-order chi connectivity index (χ1) is 8.01. The first kappa shape index (κ1) is 12.4. The van der Waals surface area contributed by atoms with Gasteiger partial charge in [0.05, 0.1) is 5.69 Å². The van der Waals surface area contributed by atoms with Gasteiger partial charge in [0.1, 0.15) is 0 Å². The quantitative estimate of drug-likeness (QED) is 0.791. The maximum Gasteiger partial charge on any atom is 0.262 e. The highest BCUT2D eigenvalue weighted by molar-refractivity contribution is 7.89. The average Bonchev–Trinajstić information content (AvgIpc) is 2.29. The number of hydrogen-bond acceptors (Lipinski definition) is 5. The summed E-state index contributed by atoms with van der Waals surface area (Å²) in [4.78, 5) is 7.91. The zero-order valence-electron chi connectivity index (χ0n) is 9.92. The van der Waals surface area contributed by atoms with Crippen LogP contribution in [0.25, 0.3) is 0 Å². The number of rotatable bonds is 2. The Bertz CT molecular complexity index is 503. The second kappa shape index (κ2) is 4.67. The summed E-state index contributed by atoms with van der Waals surface area (Å²) in [6.45, 7) is 5.23. The molecule has 0 bridgehead atoms. The smallest absolute Gasteiger partial charge is 0.262 e. The summed E-state index contributed by atoms with van der Waals surface area (Å²) in [6.07, 6.45) is 2.90. The lowest BCUT2D eigenvalue weighted by Crippen LogP contribution is -2.51. The first-order valence-electron chi connectivity index (χ1n) is 5.53. The number of hydrogen-bond donors (Lipinski definition) is 1. The minimum atomic E-state index is -3.51. The minimum absolute atomic E-state index is 0.0640. The van der Waals surface area contributed by atoms with Crippen LogP contribution in [0.2, 0.25) is 0 Å². The SMILES string of the molecule is Cc1nccnc1S(=O)(=O)N1CCN[C@H](C)C1. The van der Waals surface area contributed by atoms with E-state index in [1.165, 1.54) is 16.7 Å². The summed E-state index contributed by atoms with van der Waals surface area (Å²) < 4.78 is 26.2. The monoisotopic (exact) mass is 256 g/mol. The minimum Gasteiger partial charge on any atom is -0.312 e. The molecule has 94 valence electrons. The molecule has 0 saturated carbocycles. The molecular formula is C10H16N4O2S. The molecule has 1 atom stereocenters. The van der Waals surface area contributed by atoms with Crippen molar-refractivity contribution in [2.24, 2.45) is 0 Å². The summed E-state index contributed by atoms with van der Waals surface area (Å²) in [6, 6.07) is 0.163. The summed E-state index contributed by atoms with van der Waals surface area (Å²) in [5.41, 5.74) is 0.443. The molecule has 0 aromatic carbocycles. The van der Waals surface area contributed by atoms with Gasteiger partial charge in [-0.25, -0.2) is 13.4 Å². The molecule has 1 aromatic rings. The van der Waals surface area contributed by atoms with E-state index in [4.69, 9.17) is 0 Å². The number of aryl methyl sites for hydroxylation is 1. The van der Waals surface area contributed by atoms with Gasteiger partial charge >= 0.3 is 0 Å². The molecule has 2 rings (SSSR count). The number of aromatic nitrogens is 2. The van der Waals surface area contributed by atoms with Crippen molar-refractivity contribution in [2.45, 2.75) is 24.9 Å². The van der Waals surface area contributed by atoms with E-state index in [1.807, 2.05) is 6.92 Å². The van der Waals surface area contributed by atoms with Gasteiger partial charge in [-0.3, -0.25) is 4.98 Å². The Hall–Kier alpha value is -1.05. The van der Waals surface area contributed by atoms with Gasteiger partial charge in [-0.05, 0) is 13.8 Å². The van der Waals surface area contributed by atoms with Crippen molar-refractivity contribution >= 4 is 10.0 Å². The Morgan fingerprint density at radius 3 is 2.76 bits per heavy atom. The second-order valence-electron chi connectivity index (χ2n) is 4.17. The molecule has 2 heterocycles. The fourth-order valence-corrected chi connectivity index (χ4v) is 3.50. The summed E-state index contributed by atoms with van der Waals surface area (Å²) in [5, 5.41) is 3.27. The van der Waals surface area contributed by atoms with E-state index in [2.05, 4.69) is 15.3 Å². The van der Waals surface area contributed by atoms with E-state index in [-0.39, 0.29) is 11.1 Å². The number of sulfonamides is 1. The Labute approximate surface area is 101 Å². The van der Waals surface area contributed by atoms with E-state index in [9.17, 15) is 8.42 Å². The van der Waals surface area contributed by atoms with Crippen molar-refractivity contribution in [1.82, 2.24) is 19.6 Å². The normalized spacial score (nSPS) is 22.6. The molecule has 0 radical (unpaired) electrons. The molecule has 0 aliphatic carbocycles. The van der Waals surface area contributed by atoms with Gasteiger partial charge in [0.15, 0.2) is 5.03 Å². The zero-order chi connectivity index (χ0) is 12.5. The Kier molecular flexibility index (Phi) is 3.41. The van der Waals surface area contributed by atoms with Crippen LogP contribution < -0.4 is 5.32 Å². The summed E-state index contributed by atoms with van der Waals surface area (Å²) >= 11 is 0. The van der Waals surface area contributed by atoms with Gasteiger partial charge in [-0.15, -0.1) is 0 Å². The third-order valence-corrected chi connectivity index (χ3v) is 4.65. The van der Waals surface area contributed by atoms with E-state index in [0.29, 0.717) is 25.3 Å². The molecule has 1 N–H and O–H groups in total. The van der Waals surface area contributed by atoms with E-state index in [0.717, 1.165) is 0 Å². The Morgan fingerprint density at radius 1 is 1.41 bits per heavy atom. The molecule has 7 heteroatoms. The van der Waals surface area contributed by atoms with Gasteiger partial charge in [0, 0.05) is 38.1 Å². The molecule has 1 aliphatic rings. The molecule has 1 fully saturated rings. The third kappa shape index (κ3) is 2.46. The second-order valence-corrected chi connectivity index (χ2v) is 6.02. The molecular weight excluding hydrogens is 240 g/mol. The van der Waals surface area contributed by atoms with Gasteiger partial charge in [0.25, 0.3) is 10.0 Å². The number of nitrogens with zero attached hydrogens (tertiary/aromatic N) is 3. The Balaban J connectivity index is 2.33. The summed E-state index contributed by atoms with van der Waals surface area (Å²) in [7, 11) is -3.51. The van der Waals surface area contributed by atoms with Crippen molar-refractivity contribution in [3.8, 4) is 0 Å². The lowest BCUT2D eigenvalue weighted by atomic mass is 10.3. The topological polar surface area (TPSA) is 75.2 Å². The van der Waals surface area contributed by atoms with Crippen molar-refractivity contribution in [1.29, 1.82) is 0 Å². The van der Waals surface area contributed by atoms with Crippen molar-refractivity contribution < 1.29 is 8.42 Å². The molecule has 1 saturated heterocycles. The fraction of sp³-hybridized carbons (Fsp3) is 0.600. The van der Waals surface area contributed by atoms with Gasteiger partial charge < -0.3 is 5.32 Å². The molecule has 0 spiro atoms. The Morgan fingerprint density at radius 2 is 2.12 bits per heavy atom. The summed E-state index contributed by atoms with van der Waals surface area (Å²) in [5.74, 6) is 0. The molecule has 1 aliphatic heterocycles. The first-order valence-corrected chi connectivity index (χ1v) is 6.97. The predicted molar refractivity (Wildman–Crippen MR) is 63.0 cm³/mol. The van der Waals surface area contributed by atoms with Crippen LogP contribution >= 0.6 is 0 Å². The van der Waals surface area contributed by atoms with Crippen LogP contribution in [0.5, 0.6) is 0 Å². The molecule has 17 heavy (non-hydrogen) atoms. The van der Waals surface area contributed by atoms with E-state index >= 15 is 0 Å². The van der Waals surface area contributed by atoms with Crippen molar-refractivity contribution in [3.05, 3.63) is 18.1 Å². The van der Waals surface area contributed by atoms with Gasteiger partial charge in [-0.1, -0.05) is 0 Å². The van der Waals surface area contributed by atoms with Crippen LogP contribution in [0, 0.1) is 6.92 Å². The largest absolute Gasteiger partial charge is 0.312 e. The molecule has 0 unspecified atom stereocenters. The van der Waals surface area contributed by atoms with E-state index in [1.54, 1.807) is 6.92 Å². The van der Waals surface area contributed by atoms with Crippen LogP contribution in [0.3, 0.4) is 0 Å². The lowest BCUT2D eigenvalue weighted by molar-refractivity contribution is 0.309. The maximum atomic E-state index is 12.3. The highest BCUT2D eigenvalue weighted by Gasteiger charge is 2.30. The lowest BCUT2D eigenvalue weighted by Gasteiger charge is -2.30. The molecule has 1 aromatic heterocycles. The van der Waals surface area contributed by atoms with Gasteiger partial charge in [-0.2, -0.15) is 4.31 Å². The van der Waals surface area contributed by atoms with Gasteiger partial charge in [0.2, 0.25) is 0 Å². The highest BCUT2D eigenvalue weighted by atomic mass is 32.2. The predicted octanol–water partition coefficient (Wildman–Crippen LogP) is -0.233. The third-order valence-electron chi connectivity index (χ3n) is 2.75. The molecule has 0 amide bonds.